The van der Waals surface area contributed by atoms with Gasteiger partial charge in [0.2, 0.25) is 11.8 Å². The van der Waals surface area contributed by atoms with Crippen molar-refractivity contribution in [1.82, 2.24) is 4.90 Å². The van der Waals surface area contributed by atoms with Gasteiger partial charge in [0, 0.05) is 18.7 Å². The fraction of sp³-hybridized carbons (Fsp3) is 0.214. The molecule has 1 aliphatic heterocycles. The molecule has 3 aromatic rings. The summed E-state index contributed by atoms with van der Waals surface area (Å²) >= 11 is 1.14. The Labute approximate surface area is 223 Å². The molecule has 8 nitrogen and oxygen atoms in total. The number of hydrogen-bond acceptors (Lipinski definition) is 7. The average Bonchev–Trinajstić information content (AvgIpc) is 3.22. The van der Waals surface area contributed by atoms with E-state index in [2.05, 4.69) is 15.0 Å². The van der Waals surface area contributed by atoms with Crippen LogP contribution in [0.2, 0.25) is 0 Å². The van der Waals surface area contributed by atoms with Crippen molar-refractivity contribution < 1.29 is 28.2 Å². The average molecular weight is 536 g/mol. The molecule has 1 fully saturated rings. The van der Waals surface area contributed by atoms with Crippen molar-refractivity contribution in [3.8, 4) is 5.75 Å². The number of anilines is 1. The molecule has 1 unspecified atom stereocenters. The first-order chi connectivity index (χ1) is 18.4. The number of aliphatic imine (C=N–C) groups is 1. The van der Waals surface area contributed by atoms with Crippen LogP contribution < -0.4 is 10.1 Å². The molecule has 0 aromatic heterocycles. The zero-order valence-corrected chi connectivity index (χ0v) is 21.7. The summed E-state index contributed by atoms with van der Waals surface area (Å²) in [5.74, 6) is -0.889. The van der Waals surface area contributed by atoms with Crippen molar-refractivity contribution in [3.63, 3.8) is 0 Å². The van der Waals surface area contributed by atoms with E-state index in [4.69, 9.17) is 4.74 Å². The predicted molar refractivity (Wildman–Crippen MR) is 144 cm³/mol. The van der Waals surface area contributed by atoms with Crippen LogP contribution >= 0.6 is 11.8 Å². The second-order valence-electron chi connectivity index (χ2n) is 8.36. The Kier molecular flexibility index (Phi) is 8.75. The van der Waals surface area contributed by atoms with Gasteiger partial charge in [-0.15, -0.1) is 0 Å². The number of ether oxygens (including phenoxy) is 2. The quantitative estimate of drug-likeness (QED) is 0.395. The maximum Gasteiger partial charge on any atom is 0.337 e. The van der Waals surface area contributed by atoms with Crippen molar-refractivity contribution in [2.75, 3.05) is 26.1 Å². The smallest absolute Gasteiger partial charge is 0.337 e. The molecule has 0 aliphatic carbocycles. The number of methoxy groups -OCH3 is 2. The van der Waals surface area contributed by atoms with E-state index in [1.165, 1.54) is 36.3 Å². The van der Waals surface area contributed by atoms with E-state index in [1.807, 2.05) is 24.3 Å². The van der Waals surface area contributed by atoms with E-state index in [0.717, 1.165) is 23.1 Å². The lowest BCUT2D eigenvalue weighted by atomic mass is 10.1. The Morgan fingerprint density at radius 1 is 1.03 bits per heavy atom. The van der Waals surface area contributed by atoms with Crippen molar-refractivity contribution >= 4 is 46.1 Å². The van der Waals surface area contributed by atoms with Crippen molar-refractivity contribution in [2.45, 2.75) is 18.1 Å². The number of carbonyl (C=O) groups excluding carboxylic acids is 3. The number of esters is 1. The van der Waals surface area contributed by atoms with Gasteiger partial charge in [-0.2, -0.15) is 0 Å². The first-order valence-electron chi connectivity index (χ1n) is 11.8. The lowest BCUT2D eigenvalue weighted by Crippen LogP contribution is -2.35. The van der Waals surface area contributed by atoms with Crippen LogP contribution in [0.5, 0.6) is 5.75 Å². The Morgan fingerprint density at radius 2 is 1.74 bits per heavy atom. The lowest BCUT2D eigenvalue weighted by Gasteiger charge is -2.17. The van der Waals surface area contributed by atoms with E-state index in [0.29, 0.717) is 29.4 Å². The zero-order chi connectivity index (χ0) is 27.1. The van der Waals surface area contributed by atoms with Crippen LogP contribution in [0, 0.1) is 5.82 Å². The number of para-hydroxylation sites is 1. The van der Waals surface area contributed by atoms with Crippen LogP contribution in [0.15, 0.2) is 77.8 Å². The highest BCUT2D eigenvalue weighted by Gasteiger charge is 2.39. The molecule has 3 aromatic carbocycles. The van der Waals surface area contributed by atoms with Crippen LogP contribution in [-0.2, 0) is 20.7 Å². The first kappa shape index (κ1) is 26.9. The van der Waals surface area contributed by atoms with Gasteiger partial charge in [0.1, 0.15) is 22.5 Å². The van der Waals surface area contributed by atoms with Crippen LogP contribution in [-0.4, -0.2) is 53.9 Å². The SMILES string of the molecule is COC(=O)c1ccc(NC(=O)CC2SC(=Nc3ccccc3F)N(CCc3ccc(OC)cc3)C2=O)cc1. The molecule has 0 spiro atoms. The molecule has 38 heavy (non-hydrogen) atoms. The molecule has 1 N–H and O–H groups in total. The highest BCUT2D eigenvalue weighted by molar-refractivity contribution is 8.15. The standard InChI is InChI=1S/C28H26FN3O5S/c1-36-21-13-7-18(8-14-21)15-16-32-26(34)24(38-28(32)31-23-6-4-3-5-22(23)29)17-25(33)30-20-11-9-19(10-12-20)27(35)37-2/h3-14,24H,15-17H2,1-2H3,(H,30,33). The molecule has 1 saturated heterocycles. The first-order valence-corrected chi connectivity index (χ1v) is 12.7. The molecule has 10 heteroatoms. The fourth-order valence-electron chi connectivity index (χ4n) is 3.80. The van der Waals surface area contributed by atoms with Crippen LogP contribution in [0.4, 0.5) is 15.8 Å². The molecule has 4 rings (SSSR count). The van der Waals surface area contributed by atoms with E-state index < -0.39 is 17.0 Å². The van der Waals surface area contributed by atoms with Gasteiger partial charge in [0.15, 0.2) is 5.17 Å². The van der Waals surface area contributed by atoms with E-state index in [1.54, 1.807) is 31.4 Å². The van der Waals surface area contributed by atoms with Crippen molar-refractivity contribution in [1.29, 1.82) is 0 Å². The van der Waals surface area contributed by atoms with Gasteiger partial charge in [0.05, 0.1) is 19.8 Å². The largest absolute Gasteiger partial charge is 0.497 e. The number of thioether (sulfide) groups is 1. The van der Waals surface area contributed by atoms with E-state index in [9.17, 15) is 18.8 Å². The van der Waals surface area contributed by atoms with Crippen LogP contribution in [0.25, 0.3) is 0 Å². The van der Waals surface area contributed by atoms with Gasteiger partial charge >= 0.3 is 5.97 Å². The summed E-state index contributed by atoms with van der Waals surface area (Å²) in [6.45, 7) is 0.318. The Hall–Kier alpha value is -4.18. The minimum Gasteiger partial charge on any atom is -0.497 e. The third kappa shape index (κ3) is 6.57. The monoisotopic (exact) mass is 535 g/mol. The number of rotatable bonds is 9. The minimum absolute atomic E-state index is 0.0996. The number of benzene rings is 3. The molecule has 196 valence electrons. The summed E-state index contributed by atoms with van der Waals surface area (Å²) in [5, 5.41) is 2.37. The second-order valence-corrected chi connectivity index (χ2v) is 9.53. The maximum absolute atomic E-state index is 14.3. The van der Waals surface area contributed by atoms with Crippen LogP contribution in [0.3, 0.4) is 0 Å². The van der Waals surface area contributed by atoms with Crippen molar-refractivity contribution in [3.05, 3.63) is 89.7 Å². The van der Waals surface area contributed by atoms with E-state index >= 15 is 0 Å². The Morgan fingerprint density at radius 3 is 2.39 bits per heavy atom. The molecule has 0 bridgehead atoms. The second kappa shape index (κ2) is 12.4. The summed E-state index contributed by atoms with van der Waals surface area (Å²) in [6, 6.07) is 19.8. The normalized spacial score (nSPS) is 16.0. The lowest BCUT2D eigenvalue weighted by molar-refractivity contribution is -0.128. The highest BCUT2D eigenvalue weighted by atomic mass is 32.2. The Balaban J connectivity index is 1.48. The topological polar surface area (TPSA) is 97.3 Å². The zero-order valence-electron chi connectivity index (χ0n) is 20.8. The maximum atomic E-state index is 14.3. The molecule has 0 radical (unpaired) electrons. The molecular weight excluding hydrogens is 509 g/mol. The van der Waals surface area contributed by atoms with Gasteiger partial charge < -0.3 is 14.8 Å². The molecule has 2 amide bonds. The van der Waals surface area contributed by atoms with Crippen molar-refractivity contribution in [2.24, 2.45) is 4.99 Å². The number of nitrogens with zero attached hydrogens (tertiary/aromatic N) is 2. The summed E-state index contributed by atoms with van der Waals surface area (Å²) in [5.41, 5.74) is 1.95. The van der Waals surface area contributed by atoms with Gasteiger partial charge in [0.25, 0.3) is 0 Å². The number of amides is 2. The Bertz CT molecular complexity index is 1350. The van der Waals surface area contributed by atoms with Crippen LogP contribution in [0.1, 0.15) is 22.3 Å². The van der Waals surface area contributed by atoms with E-state index in [-0.39, 0.29) is 23.9 Å². The fourth-order valence-corrected chi connectivity index (χ4v) is 4.97. The molecular formula is C28H26FN3O5S. The third-order valence-corrected chi connectivity index (χ3v) is 7.01. The summed E-state index contributed by atoms with van der Waals surface area (Å²) < 4.78 is 24.2. The number of hydrogen-bond donors (Lipinski definition) is 1. The highest BCUT2D eigenvalue weighted by Crippen LogP contribution is 2.33. The van der Waals surface area contributed by atoms with Gasteiger partial charge in [-0.25, -0.2) is 14.2 Å². The molecule has 0 saturated carbocycles. The van der Waals surface area contributed by atoms with Gasteiger partial charge in [-0.05, 0) is 60.5 Å². The molecule has 1 aliphatic rings. The molecule has 1 heterocycles. The third-order valence-electron chi connectivity index (χ3n) is 5.83. The minimum atomic E-state index is -0.717. The summed E-state index contributed by atoms with van der Waals surface area (Å²) in [4.78, 5) is 43.6. The van der Waals surface area contributed by atoms with Gasteiger partial charge in [-0.3, -0.25) is 14.5 Å². The summed E-state index contributed by atoms with van der Waals surface area (Å²) in [7, 11) is 2.88. The number of carbonyl (C=O) groups is 3. The number of amidine groups is 1. The van der Waals surface area contributed by atoms with Gasteiger partial charge in [-0.1, -0.05) is 36.0 Å². The number of nitrogens with one attached hydrogen (secondary N) is 1. The molecule has 1 atom stereocenters. The predicted octanol–water partition coefficient (Wildman–Crippen LogP) is 4.82. The summed E-state index contributed by atoms with van der Waals surface area (Å²) in [6.07, 6.45) is 0.440. The number of halogens is 1.